The van der Waals surface area contributed by atoms with Crippen LogP contribution in [-0.2, 0) is 0 Å². The van der Waals surface area contributed by atoms with Crippen LogP contribution in [0, 0.1) is 0 Å². The Labute approximate surface area is 108 Å². The van der Waals surface area contributed by atoms with Crippen LogP contribution in [0.5, 0.6) is 0 Å². The Bertz CT molecular complexity index is 556. The summed E-state index contributed by atoms with van der Waals surface area (Å²) in [6.45, 7) is 0. The van der Waals surface area contributed by atoms with Crippen molar-refractivity contribution in [2.24, 2.45) is 0 Å². The molecule has 2 aromatic heterocycles. The van der Waals surface area contributed by atoms with Gasteiger partial charge in [-0.3, -0.25) is 0 Å². The van der Waals surface area contributed by atoms with Crippen molar-refractivity contribution in [3.05, 3.63) is 23.2 Å². The first kappa shape index (κ1) is 11.4. The molecule has 0 aliphatic heterocycles. The van der Waals surface area contributed by atoms with E-state index in [1.54, 1.807) is 0 Å². The second-order valence-corrected chi connectivity index (χ2v) is 5.40. The van der Waals surface area contributed by atoms with E-state index in [1.165, 1.54) is 24.2 Å². The minimum absolute atomic E-state index is 0.0596. The average Bonchev–Trinajstić information content (AvgIpc) is 3.10. The van der Waals surface area contributed by atoms with Gasteiger partial charge in [0.25, 0.3) is 0 Å². The molecular weight excluding hydrogens is 250 g/mol. The SMILES string of the molecule is O=C(O)c1nnn(C2CCCC2)c1-c1cccs1. The fraction of sp³-hybridized carbons (Fsp3) is 0.417. The highest BCUT2D eigenvalue weighted by Crippen LogP contribution is 2.35. The predicted molar refractivity (Wildman–Crippen MR) is 67.8 cm³/mol. The molecule has 2 heterocycles. The number of rotatable bonds is 3. The molecule has 5 nitrogen and oxygen atoms in total. The van der Waals surface area contributed by atoms with Gasteiger partial charge in [0.2, 0.25) is 0 Å². The topological polar surface area (TPSA) is 68.0 Å². The first-order valence-corrected chi connectivity index (χ1v) is 6.87. The lowest BCUT2D eigenvalue weighted by molar-refractivity contribution is 0.0691. The fourth-order valence-corrected chi connectivity index (χ4v) is 3.25. The quantitative estimate of drug-likeness (QED) is 0.924. The lowest BCUT2D eigenvalue weighted by Gasteiger charge is -2.12. The average molecular weight is 263 g/mol. The fourth-order valence-electron chi connectivity index (χ4n) is 2.48. The van der Waals surface area contributed by atoms with Crippen LogP contribution in [0.4, 0.5) is 0 Å². The summed E-state index contributed by atoms with van der Waals surface area (Å²) in [5, 5.41) is 19.1. The van der Waals surface area contributed by atoms with E-state index < -0.39 is 5.97 Å². The summed E-state index contributed by atoms with van der Waals surface area (Å²) in [6, 6.07) is 4.13. The number of carboxylic acid groups (broad SMARTS) is 1. The normalized spacial score (nSPS) is 16.2. The van der Waals surface area contributed by atoms with Crippen LogP contribution in [0.25, 0.3) is 10.6 Å². The molecule has 0 spiro atoms. The van der Waals surface area contributed by atoms with E-state index in [9.17, 15) is 9.90 Å². The van der Waals surface area contributed by atoms with Gasteiger partial charge in [0.15, 0.2) is 5.69 Å². The maximum atomic E-state index is 11.2. The Hall–Kier alpha value is -1.69. The van der Waals surface area contributed by atoms with Gasteiger partial charge in [-0.1, -0.05) is 24.1 Å². The van der Waals surface area contributed by atoms with Crippen LogP contribution >= 0.6 is 11.3 Å². The van der Waals surface area contributed by atoms with Crippen LogP contribution < -0.4 is 0 Å². The smallest absolute Gasteiger partial charge is 0.358 e. The minimum Gasteiger partial charge on any atom is -0.476 e. The largest absolute Gasteiger partial charge is 0.476 e. The van der Waals surface area contributed by atoms with E-state index in [2.05, 4.69) is 10.3 Å². The molecule has 1 aliphatic rings. The number of carboxylic acids is 1. The number of aromatic nitrogens is 3. The van der Waals surface area contributed by atoms with Gasteiger partial charge in [0.1, 0.15) is 5.69 Å². The number of thiophene rings is 1. The Kier molecular flexibility index (Phi) is 2.87. The lowest BCUT2D eigenvalue weighted by Crippen LogP contribution is -2.09. The van der Waals surface area contributed by atoms with Gasteiger partial charge in [-0.2, -0.15) is 0 Å². The summed E-state index contributed by atoms with van der Waals surface area (Å²) in [5.41, 5.74) is 0.716. The monoisotopic (exact) mass is 263 g/mol. The maximum Gasteiger partial charge on any atom is 0.358 e. The Balaban J connectivity index is 2.11. The molecular formula is C12H13N3O2S. The predicted octanol–water partition coefficient (Wildman–Crippen LogP) is 2.82. The molecule has 0 atom stereocenters. The first-order chi connectivity index (χ1) is 8.77. The van der Waals surface area contributed by atoms with Crippen LogP contribution in [0.3, 0.4) is 0 Å². The van der Waals surface area contributed by atoms with Gasteiger partial charge < -0.3 is 5.11 Å². The molecule has 0 radical (unpaired) electrons. The van der Waals surface area contributed by atoms with Gasteiger partial charge in [0.05, 0.1) is 10.9 Å². The van der Waals surface area contributed by atoms with Gasteiger partial charge in [-0.15, -0.1) is 16.4 Å². The molecule has 1 fully saturated rings. The number of hydrogen-bond acceptors (Lipinski definition) is 4. The highest BCUT2D eigenvalue weighted by molar-refractivity contribution is 7.13. The number of carbonyl (C=O) groups is 1. The second kappa shape index (κ2) is 4.53. The lowest BCUT2D eigenvalue weighted by atomic mass is 10.2. The molecule has 0 saturated heterocycles. The zero-order chi connectivity index (χ0) is 12.5. The molecule has 2 aromatic rings. The third-order valence-electron chi connectivity index (χ3n) is 3.32. The van der Waals surface area contributed by atoms with Gasteiger partial charge >= 0.3 is 5.97 Å². The number of nitrogens with zero attached hydrogens (tertiary/aromatic N) is 3. The first-order valence-electron chi connectivity index (χ1n) is 5.99. The Morgan fingerprint density at radius 1 is 1.44 bits per heavy atom. The Morgan fingerprint density at radius 3 is 2.83 bits per heavy atom. The highest BCUT2D eigenvalue weighted by atomic mass is 32.1. The third-order valence-corrected chi connectivity index (χ3v) is 4.20. The van der Waals surface area contributed by atoms with E-state index in [1.807, 2.05) is 22.2 Å². The van der Waals surface area contributed by atoms with E-state index in [0.717, 1.165) is 17.7 Å². The standard InChI is InChI=1S/C12H13N3O2S/c16-12(17)10-11(9-6-3-7-18-9)15(14-13-10)8-4-1-2-5-8/h3,6-8H,1-2,4-5H2,(H,16,17). The third kappa shape index (κ3) is 1.82. The molecule has 6 heteroatoms. The van der Waals surface area contributed by atoms with Crippen LogP contribution in [-0.4, -0.2) is 26.1 Å². The summed E-state index contributed by atoms with van der Waals surface area (Å²) >= 11 is 1.52. The van der Waals surface area contributed by atoms with E-state index in [-0.39, 0.29) is 5.69 Å². The summed E-state index contributed by atoms with van der Waals surface area (Å²) in [6.07, 6.45) is 4.47. The summed E-state index contributed by atoms with van der Waals surface area (Å²) in [4.78, 5) is 12.2. The van der Waals surface area contributed by atoms with Crippen LogP contribution in [0.1, 0.15) is 42.2 Å². The molecule has 1 N–H and O–H groups in total. The van der Waals surface area contributed by atoms with Crippen molar-refractivity contribution in [3.63, 3.8) is 0 Å². The van der Waals surface area contributed by atoms with Gasteiger partial charge in [0, 0.05) is 0 Å². The summed E-state index contributed by atoms with van der Waals surface area (Å²) < 4.78 is 1.81. The van der Waals surface area contributed by atoms with Crippen molar-refractivity contribution in [1.29, 1.82) is 0 Å². The highest BCUT2D eigenvalue weighted by Gasteiger charge is 2.27. The van der Waals surface area contributed by atoms with Crippen LogP contribution in [0.15, 0.2) is 17.5 Å². The Morgan fingerprint density at radius 2 is 2.22 bits per heavy atom. The summed E-state index contributed by atoms with van der Waals surface area (Å²) in [5.74, 6) is -1.01. The zero-order valence-electron chi connectivity index (χ0n) is 9.74. The molecule has 0 unspecified atom stereocenters. The number of aromatic carboxylic acids is 1. The van der Waals surface area contributed by atoms with Crippen molar-refractivity contribution >= 4 is 17.3 Å². The van der Waals surface area contributed by atoms with Gasteiger partial charge in [-0.25, -0.2) is 9.48 Å². The molecule has 18 heavy (non-hydrogen) atoms. The summed E-state index contributed by atoms with van der Waals surface area (Å²) in [7, 11) is 0. The zero-order valence-corrected chi connectivity index (χ0v) is 10.6. The van der Waals surface area contributed by atoms with Gasteiger partial charge in [-0.05, 0) is 24.3 Å². The maximum absolute atomic E-state index is 11.2. The molecule has 94 valence electrons. The molecule has 0 bridgehead atoms. The van der Waals surface area contributed by atoms with Crippen molar-refractivity contribution in [1.82, 2.24) is 15.0 Å². The second-order valence-electron chi connectivity index (χ2n) is 4.45. The van der Waals surface area contributed by atoms with E-state index >= 15 is 0 Å². The molecule has 3 rings (SSSR count). The minimum atomic E-state index is -1.01. The molecule has 0 aromatic carbocycles. The molecule has 0 amide bonds. The van der Waals surface area contributed by atoms with Crippen molar-refractivity contribution < 1.29 is 9.90 Å². The van der Waals surface area contributed by atoms with E-state index in [4.69, 9.17) is 0 Å². The molecule has 1 saturated carbocycles. The molecule has 1 aliphatic carbocycles. The van der Waals surface area contributed by atoms with Crippen LogP contribution in [0.2, 0.25) is 0 Å². The van der Waals surface area contributed by atoms with Crippen molar-refractivity contribution in [2.45, 2.75) is 31.7 Å². The van der Waals surface area contributed by atoms with Crippen molar-refractivity contribution in [2.75, 3.05) is 0 Å². The van der Waals surface area contributed by atoms with E-state index in [0.29, 0.717) is 11.7 Å². The number of hydrogen-bond donors (Lipinski definition) is 1. The van der Waals surface area contributed by atoms with Crippen molar-refractivity contribution in [3.8, 4) is 10.6 Å².